The lowest BCUT2D eigenvalue weighted by molar-refractivity contribution is 0.0696. The molecule has 0 aliphatic carbocycles. The summed E-state index contributed by atoms with van der Waals surface area (Å²) in [7, 11) is 0. The van der Waals surface area contributed by atoms with Crippen molar-refractivity contribution >= 4 is 17.5 Å². The van der Waals surface area contributed by atoms with Crippen molar-refractivity contribution in [2.45, 2.75) is 6.42 Å². The number of carbonyl (C=O) groups is 2. The molecule has 0 aliphatic heterocycles. The summed E-state index contributed by atoms with van der Waals surface area (Å²) in [6.07, 6.45) is 2.51. The molecule has 3 aromatic rings. The van der Waals surface area contributed by atoms with E-state index in [0.29, 0.717) is 12.2 Å². The lowest BCUT2D eigenvalue weighted by atomic mass is 10.1. The molecule has 0 radical (unpaired) electrons. The first-order valence-electron chi connectivity index (χ1n) is 7.90. The Morgan fingerprint density at radius 2 is 1.81 bits per heavy atom. The van der Waals surface area contributed by atoms with Crippen LogP contribution >= 0.6 is 0 Å². The van der Waals surface area contributed by atoms with Gasteiger partial charge >= 0.3 is 5.97 Å². The minimum Gasteiger partial charge on any atom is -0.506 e. The number of aromatic nitrogens is 1. The minimum absolute atomic E-state index is 0.00745. The van der Waals surface area contributed by atoms with Crippen LogP contribution in [0.4, 0.5) is 4.39 Å². The van der Waals surface area contributed by atoms with Gasteiger partial charge in [0.1, 0.15) is 23.0 Å². The molecular weight excluding hydrogens is 353 g/mol. The van der Waals surface area contributed by atoms with Crippen molar-refractivity contribution in [1.29, 1.82) is 0 Å². The fraction of sp³-hybridized carbons (Fsp3) is 0.0500. The topological polar surface area (TPSA) is 101 Å². The zero-order valence-electron chi connectivity index (χ0n) is 13.9. The van der Waals surface area contributed by atoms with Gasteiger partial charge in [0.05, 0.1) is 5.56 Å². The quantitative estimate of drug-likeness (QED) is 0.389. The molecule has 136 valence electrons. The number of halogens is 1. The molecule has 0 spiro atoms. The van der Waals surface area contributed by atoms with Crippen molar-refractivity contribution in [1.82, 2.24) is 4.98 Å². The van der Waals surface area contributed by atoms with E-state index in [1.54, 1.807) is 18.2 Å². The van der Waals surface area contributed by atoms with Crippen LogP contribution in [-0.2, 0) is 6.42 Å². The minimum atomic E-state index is -1.17. The second-order valence-corrected chi connectivity index (χ2v) is 5.70. The van der Waals surface area contributed by atoms with E-state index >= 15 is 0 Å². The number of carboxylic acids is 1. The summed E-state index contributed by atoms with van der Waals surface area (Å²) in [5.41, 5.74) is 0.714. The summed E-state index contributed by atoms with van der Waals surface area (Å²) in [6.45, 7) is 0. The standard InChI is InChI=1S/C20H14FNO5/c21-14-3-1-12(2-4-14)9-15-5-6-19(27-15)18(24)11-17(23)16-10-13(20(25)26)7-8-22-16/h1-8,10-11,23H,9H2,(H,25,26)/b17-11+. The second-order valence-electron chi connectivity index (χ2n) is 5.70. The van der Waals surface area contributed by atoms with Crippen LogP contribution in [0.1, 0.15) is 37.9 Å². The van der Waals surface area contributed by atoms with E-state index in [0.717, 1.165) is 17.7 Å². The Kier molecular flexibility index (Phi) is 5.12. The smallest absolute Gasteiger partial charge is 0.335 e. The van der Waals surface area contributed by atoms with Crippen molar-refractivity contribution < 1.29 is 28.6 Å². The molecule has 0 unspecified atom stereocenters. The van der Waals surface area contributed by atoms with Crippen LogP contribution in [0.2, 0.25) is 0 Å². The molecule has 0 fully saturated rings. The van der Waals surface area contributed by atoms with Gasteiger partial charge in [0.15, 0.2) is 5.76 Å². The maximum Gasteiger partial charge on any atom is 0.335 e. The molecule has 0 bridgehead atoms. The van der Waals surface area contributed by atoms with E-state index in [1.165, 1.54) is 30.5 Å². The summed E-state index contributed by atoms with van der Waals surface area (Å²) >= 11 is 0. The van der Waals surface area contributed by atoms with Crippen LogP contribution in [-0.4, -0.2) is 26.9 Å². The number of benzene rings is 1. The van der Waals surface area contributed by atoms with Crippen molar-refractivity contribution in [3.63, 3.8) is 0 Å². The number of carbonyl (C=O) groups excluding carboxylic acids is 1. The molecule has 2 heterocycles. The highest BCUT2D eigenvalue weighted by Crippen LogP contribution is 2.17. The first kappa shape index (κ1) is 18.1. The molecule has 2 N–H and O–H groups in total. The third-order valence-corrected chi connectivity index (χ3v) is 3.73. The highest BCUT2D eigenvalue weighted by atomic mass is 19.1. The molecule has 27 heavy (non-hydrogen) atoms. The van der Waals surface area contributed by atoms with Crippen LogP contribution in [0.15, 0.2) is 65.2 Å². The van der Waals surface area contributed by atoms with Crippen LogP contribution in [0.3, 0.4) is 0 Å². The molecule has 0 saturated heterocycles. The Bertz CT molecular complexity index is 1020. The molecule has 3 rings (SSSR count). The average Bonchev–Trinajstić information content (AvgIpc) is 3.12. The molecule has 0 saturated carbocycles. The van der Waals surface area contributed by atoms with E-state index in [-0.39, 0.29) is 22.8 Å². The summed E-state index contributed by atoms with van der Waals surface area (Å²) in [6, 6.07) is 11.4. The zero-order valence-corrected chi connectivity index (χ0v) is 13.9. The third kappa shape index (κ3) is 4.46. The van der Waals surface area contributed by atoms with Gasteiger partial charge < -0.3 is 14.6 Å². The number of carboxylic acid groups (broad SMARTS) is 1. The van der Waals surface area contributed by atoms with Crippen LogP contribution < -0.4 is 0 Å². The largest absolute Gasteiger partial charge is 0.506 e. The number of aliphatic hydroxyl groups excluding tert-OH is 1. The van der Waals surface area contributed by atoms with Crippen molar-refractivity contribution in [2.75, 3.05) is 0 Å². The summed E-state index contributed by atoms with van der Waals surface area (Å²) in [4.78, 5) is 27.0. The molecule has 0 atom stereocenters. The SMILES string of the molecule is O=C(O)c1ccnc(/C(O)=C\C(=O)c2ccc(Cc3ccc(F)cc3)o2)c1. The Morgan fingerprint density at radius 1 is 1.07 bits per heavy atom. The second kappa shape index (κ2) is 7.65. The highest BCUT2D eigenvalue weighted by molar-refractivity contribution is 6.06. The van der Waals surface area contributed by atoms with Crippen LogP contribution in [0.5, 0.6) is 0 Å². The summed E-state index contributed by atoms with van der Waals surface area (Å²) in [5, 5.41) is 19.0. The number of aromatic carboxylic acids is 1. The van der Waals surface area contributed by atoms with Gasteiger partial charge in [-0.3, -0.25) is 9.78 Å². The van der Waals surface area contributed by atoms with E-state index < -0.39 is 17.5 Å². The molecule has 6 nitrogen and oxygen atoms in total. The normalized spacial score (nSPS) is 11.4. The van der Waals surface area contributed by atoms with Gasteiger partial charge in [-0.2, -0.15) is 0 Å². The monoisotopic (exact) mass is 367 g/mol. The average molecular weight is 367 g/mol. The number of furan rings is 1. The number of pyridine rings is 1. The maximum atomic E-state index is 12.9. The van der Waals surface area contributed by atoms with Gasteiger partial charge in [-0.25, -0.2) is 9.18 Å². The summed E-state index contributed by atoms with van der Waals surface area (Å²) in [5.74, 6) is -2.07. The predicted octanol–water partition coefficient (Wildman–Crippen LogP) is 3.88. The number of allylic oxidation sites excluding steroid dienone is 1. The number of rotatable bonds is 6. The first-order chi connectivity index (χ1) is 12.9. The Balaban J connectivity index is 1.75. The van der Waals surface area contributed by atoms with Crippen LogP contribution in [0, 0.1) is 5.82 Å². The fourth-order valence-corrected chi connectivity index (χ4v) is 2.38. The van der Waals surface area contributed by atoms with Gasteiger partial charge in [-0.1, -0.05) is 12.1 Å². The van der Waals surface area contributed by atoms with Crippen molar-refractivity contribution in [3.05, 3.63) is 95.0 Å². The number of nitrogens with zero attached hydrogens (tertiary/aromatic N) is 1. The van der Waals surface area contributed by atoms with Gasteiger partial charge in [0.25, 0.3) is 0 Å². The van der Waals surface area contributed by atoms with Crippen LogP contribution in [0.25, 0.3) is 5.76 Å². The molecule has 1 aromatic carbocycles. The fourth-order valence-electron chi connectivity index (χ4n) is 2.38. The van der Waals surface area contributed by atoms with Gasteiger partial charge in [0.2, 0.25) is 5.78 Å². The Morgan fingerprint density at radius 3 is 2.52 bits per heavy atom. The van der Waals surface area contributed by atoms with E-state index in [9.17, 15) is 19.1 Å². The number of ketones is 1. The molecule has 7 heteroatoms. The lowest BCUT2D eigenvalue weighted by Gasteiger charge is -2.01. The zero-order chi connectivity index (χ0) is 19.4. The van der Waals surface area contributed by atoms with E-state index in [2.05, 4.69) is 4.98 Å². The van der Waals surface area contributed by atoms with Crippen molar-refractivity contribution in [2.24, 2.45) is 0 Å². The Labute approximate surface area is 153 Å². The number of aliphatic hydroxyl groups is 1. The predicted molar refractivity (Wildman–Crippen MR) is 94.0 cm³/mol. The van der Waals surface area contributed by atoms with Gasteiger partial charge in [-0.05, 0) is 42.0 Å². The number of hydrogen-bond acceptors (Lipinski definition) is 5. The third-order valence-electron chi connectivity index (χ3n) is 3.73. The van der Waals surface area contributed by atoms with E-state index in [1.807, 2.05) is 0 Å². The molecular formula is C20H14FNO5. The molecule has 0 amide bonds. The summed E-state index contributed by atoms with van der Waals surface area (Å²) < 4.78 is 18.4. The van der Waals surface area contributed by atoms with Crippen molar-refractivity contribution in [3.8, 4) is 0 Å². The Hall–Kier alpha value is -3.74. The maximum absolute atomic E-state index is 12.9. The van der Waals surface area contributed by atoms with Gasteiger partial charge in [0, 0.05) is 18.7 Å². The highest BCUT2D eigenvalue weighted by Gasteiger charge is 2.13. The van der Waals surface area contributed by atoms with Gasteiger partial charge in [-0.15, -0.1) is 0 Å². The lowest BCUT2D eigenvalue weighted by Crippen LogP contribution is -2.00. The molecule has 2 aromatic heterocycles. The first-order valence-corrected chi connectivity index (χ1v) is 7.90. The molecule has 0 aliphatic rings. The van der Waals surface area contributed by atoms with E-state index in [4.69, 9.17) is 9.52 Å². The number of hydrogen-bond donors (Lipinski definition) is 2.